The van der Waals surface area contributed by atoms with E-state index in [1.54, 1.807) is 0 Å². The van der Waals surface area contributed by atoms with Crippen LogP contribution >= 0.6 is 15.9 Å². The average molecular weight is 361 g/mol. The maximum Gasteiger partial charge on any atom is 0.159 e. The molecule has 6 heteroatoms. The Labute approximate surface area is 137 Å². The molecule has 3 rings (SSSR count). The van der Waals surface area contributed by atoms with Gasteiger partial charge in [-0.3, -0.25) is 4.68 Å². The van der Waals surface area contributed by atoms with Crippen molar-refractivity contribution in [1.29, 1.82) is 5.26 Å². The lowest BCUT2D eigenvalue weighted by Crippen LogP contribution is -2.50. The van der Waals surface area contributed by atoms with E-state index in [-0.39, 0.29) is 11.6 Å². The molecule has 0 spiro atoms. The van der Waals surface area contributed by atoms with Crippen LogP contribution in [0.5, 0.6) is 0 Å². The number of ether oxygens (including phenoxy) is 1. The minimum Gasteiger partial charge on any atom is -0.381 e. The van der Waals surface area contributed by atoms with Gasteiger partial charge in [0.15, 0.2) is 5.82 Å². The normalized spacial score (nSPS) is 23.7. The Balaban J connectivity index is 1.63. The van der Waals surface area contributed by atoms with Gasteiger partial charge in [-0.15, -0.1) is 0 Å². The Kier molecular flexibility index (Phi) is 4.19. The van der Waals surface area contributed by atoms with Crippen LogP contribution in [-0.4, -0.2) is 15.9 Å². The summed E-state index contributed by atoms with van der Waals surface area (Å²) in [5.74, 6) is 0.450. The number of hydrogen-bond donors (Lipinski definition) is 1. The summed E-state index contributed by atoms with van der Waals surface area (Å²) in [7, 11) is 0. The van der Waals surface area contributed by atoms with Crippen LogP contribution in [0, 0.1) is 11.3 Å². The molecular formula is C16H17BrN4O. The second-order valence-electron chi connectivity index (χ2n) is 5.69. The van der Waals surface area contributed by atoms with Crippen molar-refractivity contribution in [1.82, 2.24) is 9.78 Å². The molecule has 1 heterocycles. The summed E-state index contributed by atoms with van der Waals surface area (Å²) in [5, 5.41) is 13.4. The minimum atomic E-state index is -0.295. The molecule has 1 aromatic heterocycles. The molecule has 0 radical (unpaired) electrons. The van der Waals surface area contributed by atoms with Crippen LogP contribution < -0.4 is 5.73 Å². The van der Waals surface area contributed by atoms with Gasteiger partial charge in [-0.1, -0.05) is 30.3 Å². The highest BCUT2D eigenvalue weighted by atomic mass is 79.9. The number of nitrogens with two attached hydrogens (primary N) is 1. The standard InChI is InChI=1S/C16H17BrN4O/c17-14-10-21(20-15(14)19)16(6-7-18)8-13(9-16)22-11-12-4-2-1-3-5-12/h1-5,10,13H,6,8-9,11H2,(H2,19,20). The Morgan fingerprint density at radius 1 is 1.41 bits per heavy atom. The summed E-state index contributed by atoms with van der Waals surface area (Å²) >= 11 is 3.37. The van der Waals surface area contributed by atoms with E-state index < -0.39 is 0 Å². The van der Waals surface area contributed by atoms with E-state index in [1.165, 1.54) is 0 Å². The van der Waals surface area contributed by atoms with Crippen molar-refractivity contribution in [2.75, 3.05) is 5.73 Å². The first kappa shape index (κ1) is 15.1. The Hall–Kier alpha value is -1.84. The SMILES string of the molecule is N#CCC1(n2cc(Br)c(N)n2)CC(OCc2ccccc2)C1. The van der Waals surface area contributed by atoms with Gasteiger partial charge >= 0.3 is 0 Å². The maximum atomic E-state index is 9.12. The van der Waals surface area contributed by atoms with E-state index in [2.05, 4.69) is 27.1 Å². The van der Waals surface area contributed by atoms with Gasteiger partial charge in [0.05, 0.1) is 35.2 Å². The van der Waals surface area contributed by atoms with Crippen LogP contribution in [0.15, 0.2) is 41.0 Å². The van der Waals surface area contributed by atoms with E-state index in [1.807, 2.05) is 41.2 Å². The molecule has 1 aliphatic carbocycles. The number of aromatic nitrogens is 2. The number of hydrogen-bond acceptors (Lipinski definition) is 4. The molecular weight excluding hydrogens is 344 g/mol. The highest BCUT2D eigenvalue weighted by Crippen LogP contribution is 2.44. The number of nitriles is 1. The van der Waals surface area contributed by atoms with Gasteiger partial charge in [-0.2, -0.15) is 10.4 Å². The highest BCUT2D eigenvalue weighted by Gasteiger charge is 2.47. The third-order valence-corrected chi connectivity index (χ3v) is 4.74. The molecule has 0 unspecified atom stereocenters. The first-order valence-electron chi connectivity index (χ1n) is 7.16. The van der Waals surface area contributed by atoms with Gasteiger partial charge in [0.25, 0.3) is 0 Å². The molecule has 5 nitrogen and oxygen atoms in total. The van der Waals surface area contributed by atoms with Gasteiger partial charge in [-0.25, -0.2) is 0 Å². The molecule has 0 aliphatic heterocycles. The number of benzene rings is 1. The molecule has 1 aromatic carbocycles. The van der Waals surface area contributed by atoms with Crippen molar-refractivity contribution >= 4 is 21.7 Å². The van der Waals surface area contributed by atoms with Crippen LogP contribution in [0.25, 0.3) is 0 Å². The summed E-state index contributed by atoms with van der Waals surface area (Å²) < 4.78 is 8.51. The van der Waals surface area contributed by atoms with Crippen molar-refractivity contribution in [2.45, 2.75) is 37.5 Å². The van der Waals surface area contributed by atoms with Crippen molar-refractivity contribution in [3.63, 3.8) is 0 Å². The predicted molar refractivity (Wildman–Crippen MR) is 86.8 cm³/mol. The van der Waals surface area contributed by atoms with Crippen LogP contribution in [0.1, 0.15) is 24.8 Å². The Bertz CT molecular complexity index is 666. The monoisotopic (exact) mass is 360 g/mol. The molecule has 0 atom stereocenters. The van der Waals surface area contributed by atoms with Crippen molar-refractivity contribution in [3.05, 3.63) is 46.6 Å². The van der Waals surface area contributed by atoms with Gasteiger partial charge in [0.2, 0.25) is 0 Å². The smallest absolute Gasteiger partial charge is 0.159 e. The van der Waals surface area contributed by atoms with E-state index >= 15 is 0 Å². The topological polar surface area (TPSA) is 76.9 Å². The highest BCUT2D eigenvalue weighted by molar-refractivity contribution is 9.10. The van der Waals surface area contributed by atoms with Crippen LogP contribution in [-0.2, 0) is 16.9 Å². The quantitative estimate of drug-likeness (QED) is 0.887. The largest absolute Gasteiger partial charge is 0.381 e. The first-order chi connectivity index (χ1) is 10.6. The van der Waals surface area contributed by atoms with Crippen molar-refractivity contribution < 1.29 is 4.74 Å². The molecule has 22 heavy (non-hydrogen) atoms. The number of rotatable bonds is 5. The number of anilines is 1. The van der Waals surface area contributed by atoms with Gasteiger partial charge < -0.3 is 10.5 Å². The zero-order chi connectivity index (χ0) is 15.6. The van der Waals surface area contributed by atoms with Crippen molar-refractivity contribution in [3.8, 4) is 6.07 Å². The fraction of sp³-hybridized carbons (Fsp3) is 0.375. The van der Waals surface area contributed by atoms with E-state index in [9.17, 15) is 0 Å². The summed E-state index contributed by atoms with van der Waals surface area (Å²) in [6.45, 7) is 0.596. The fourth-order valence-electron chi connectivity index (χ4n) is 2.86. The lowest BCUT2D eigenvalue weighted by atomic mass is 9.72. The van der Waals surface area contributed by atoms with Gasteiger partial charge in [0.1, 0.15) is 0 Å². The maximum absolute atomic E-state index is 9.12. The lowest BCUT2D eigenvalue weighted by molar-refractivity contribution is -0.0837. The van der Waals surface area contributed by atoms with E-state index in [4.69, 9.17) is 15.7 Å². The second kappa shape index (κ2) is 6.11. The molecule has 1 saturated carbocycles. The Morgan fingerprint density at radius 3 is 2.73 bits per heavy atom. The first-order valence-corrected chi connectivity index (χ1v) is 7.96. The predicted octanol–water partition coefficient (Wildman–Crippen LogP) is 3.22. The van der Waals surface area contributed by atoms with Gasteiger partial charge in [0, 0.05) is 19.0 Å². The number of nitrogen functional groups attached to an aromatic ring is 1. The van der Waals surface area contributed by atoms with Crippen molar-refractivity contribution in [2.24, 2.45) is 0 Å². The molecule has 114 valence electrons. The summed E-state index contributed by atoms with van der Waals surface area (Å²) in [6, 6.07) is 12.4. The van der Waals surface area contributed by atoms with Crippen LogP contribution in [0.2, 0.25) is 0 Å². The number of nitrogens with zero attached hydrogens (tertiary/aromatic N) is 3. The zero-order valence-electron chi connectivity index (χ0n) is 12.1. The fourth-order valence-corrected chi connectivity index (χ4v) is 3.14. The third kappa shape index (κ3) is 2.87. The third-order valence-electron chi connectivity index (χ3n) is 4.13. The zero-order valence-corrected chi connectivity index (χ0v) is 13.7. The summed E-state index contributed by atoms with van der Waals surface area (Å²) in [6.07, 6.45) is 3.96. The molecule has 2 aromatic rings. The minimum absolute atomic E-state index is 0.151. The molecule has 0 saturated heterocycles. The molecule has 0 bridgehead atoms. The Morgan fingerprint density at radius 2 is 2.14 bits per heavy atom. The van der Waals surface area contributed by atoms with E-state index in [0.29, 0.717) is 18.8 Å². The van der Waals surface area contributed by atoms with Crippen LogP contribution in [0.3, 0.4) is 0 Å². The molecule has 1 aliphatic rings. The molecule has 2 N–H and O–H groups in total. The molecule has 1 fully saturated rings. The second-order valence-corrected chi connectivity index (χ2v) is 6.55. The lowest BCUT2D eigenvalue weighted by Gasteiger charge is -2.46. The average Bonchev–Trinajstić information content (AvgIpc) is 2.82. The number of halogens is 1. The molecule has 0 amide bonds. The van der Waals surface area contributed by atoms with E-state index in [0.717, 1.165) is 22.9 Å². The summed E-state index contributed by atoms with van der Waals surface area (Å²) in [5.41, 5.74) is 6.65. The van der Waals surface area contributed by atoms with Gasteiger partial charge in [-0.05, 0) is 21.5 Å². The summed E-state index contributed by atoms with van der Waals surface area (Å²) in [4.78, 5) is 0. The van der Waals surface area contributed by atoms with Crippen LogP contribution in [0.4, 0.5) is 5.82 Å².